The third kappa shape index (κ3) is 18.7. The van der Waals surface area contributed by atoms with Crippen LogP contribution in [0, 0.1) is 10.8 Å². The number of hydrogen-bond acceptors (Lipinski definition) is 5. The van der Waals surface area contributed by atoms with Gasteiger partial charge in [-0.05, 0) is 121 Å². The molecular weight excluding hydrogens is 945 g/mol. The molecule has 5 rings (SSSR count). The Hall–Kier alpha value is -3.48. The largest absolute Gasteiger partial charge is 1.00 e. The first-order valence-electron chi connectivity index (χ1n) is 20.4. The topological polar surface area (TPSA) is 69.7 Å². The van der Waals surface area contributed by atoms with Crippen LogP contribution >= 0.6 is 53.7 Å². The first-order chi connectivity index (χ1) is 29.2. The van der Waals surface area contributed by atoms with Crippen molar-refractivity contribution in [3.8, 4) is 0 Å². The summed E-state index contributed by atoms with van der Waals surface area (Å²) in [5, 5.41) is 5.60. The summed E-state index contributed by atoms with van der Waals surface area (Å²) in [5.41, 5.74) is 0.619. The van der Waals surface area contributed by atoms with Gasteiger partial charge in [-0.1, -0.05) is 126 Å². The summed E-state index contributed by atoms with van der Waals surface area (Å²) in [4.78, 5) is 34.3. The summed E-state index contributed by atoms with van der Waals surface area (Å²) >= 11 is 21.2. The molecule has 5 aromatic carbocycles. The average Bonchev–Trinajstić information content (AvgIpc) is 3.26. The zero-order valence-corrected chi connectivity index (χ0v) is 42.1. The number of rotatable bonds is 16. The standard InChI is InChI=1S/C27H32O2P.C16H21ClO2.C7H5ClO.CH2Cl2.BrH/c1-4-29-26(28)27(2,3)21-14-22-30(23-15-8-5-9-16-23,24-17-10-6-11-18-24)25-19-12-7-13-20-25;1-4-19-15(18)16(2,3)12-8-7-10-13-9-5-6-11-14(13)17;8-7-4-2-1-3-6(7)5-9;2-1-3;/h5-13,15-20H,4,14,21-22H2,1-3H3;5-7,9-11H,4,8,12H2,1-3H3;1-5H;1H2;1H/q+1;;;;/p-1/b;10-7+;;;. The summed E-state index contributed by atoms with van der Waals surface area (Å²) in [6.07, 6.45) is 9.13. The number of ether oxygens (including phenoxy) is 2. The van der Waals surface area contributed by atoms with Crippen molar-refractivity contribution in [2.75, 3.05) is 24.7 Å². The molecule has 0 aliphatic heterocycles. The monoisotopic (exact) mass is 1000 g/mol. The lowest BCUT2D eigenvalue weighted by atomic mass is 9.88. The second kappa shape index (κ2) is 30.6. The van der Waals surface area contributed by atoms with E-state index in [9.17, 15) is 14.4 Å². The van der Waals surface area contributed by atoms with Crippen molar-refractivity contribution in [1.82, 2.24) is 0 Å². The van der Waals surface area contributed by atoms with Gasteiger partial charge in [-0.3, -0.25) is 14.4 Å². The molecular formula is C51H60BrCl4O5P. The molecule has 5 aromatic rings. The van der Waals surface area contributed by atoms with E-state index in [2.05, 4.69) is 91.0 Å². The van der Waals surface area contributed by atoms with Gasteiger partial charge in [0.1, 0.15) is 23.2 Å². The van der Waals surface area contributed by atoms with Crippen molar-refractivity contribution < 1.29 is 40.8 Å². The van der Waals surface area contributed by atoms with Crippen LogP contribution in [0.4, 0.5) is 0 Å². The van der Waals surface area contributed by atoms with E-state index in [-0.39, 0.29) is 34.3 Å². The quantitative estimate of drug-likeness (QED) is 0.0426. The van der Waals surface area contributed by atoms with Gasteiger partial charge in [0.25, 0.3) is 0 Å². The van der Waals surface area contributed by atoms with Gasteiger partial charge in [0.15, 0.2) is 6.29 Å². The molecule has 0 saturated heterocycles. The molecule has 0 spiro atoms. The first kappa shape index (κ1) is 56.5. The normalized spacial score (nSPS) is 10.9. The second-order valence-electron chi connectivity index (χ2n) is 15.1. The Morgan fingerprint density at radius 1 is 0.581 bits per heavy atom. The van der Waals surface area contributed by atoms with Crippen molar-refractivity contribution in [1.29, 1.82) is 0 Å². The van der Waals surface area contributed by atoms with E-state index in [1.165, 1.54) is 15.9 Å². The minimum atomic E-state index is -1.84. The predicted molar refractivity (Wildman–Crippen MR) is 263 cm³/mol. The van der Waals surface area contributed by atoms with E-state index in [0.29, 0.717) is 23.8 Å². The number of carbonyl (C=O) groups excluding carboxylic acids is 3. The van der Waals surface area contributed by atoms with Gasteiger partial charge in [-0.2, -0.15) is 0 Å². The van der Waals surface area contributed by atoms with Crippen molar-refractivity contribution in [2.24, 2.45) is 10.8 Å². The van der Waals surface area contributed by atoms with E-state index in [1.54, 1.807) is 24.3 Å². The van der Waals surface area contributed by atoms with Crippen LogP contribution in [0.1, 0.15) is 83.1 Å². The maximum Gasteiger partial charge on any atom is 0.311 e. The molecule has 11 heteroatoms. The molecule has 0 saturated carbocycles. The minimum absolute atomic E-state index is 0. The summed E-state index contributed by atoms with van der Waals surface area (Å²) < 4.78 is 10.4. The third-order valence-electron chi connectivity index (χ3n) is 9.71. The number of allylic oxidation sites excluding steroid dienone is 1. The molecule has 0 aromatic heterocycles. The van der Waals surface area contributed by atoms with Crippen LogP contribution in [-0.2, 0) is 19.1 Å². The lowest BCUT2D eigenvalue weighted by Crippen LogP contribution is -3.00. The van der Waals surface area contributed by atoms with Crippen LogP contribution in [0.5, 0.6) is 0 Å². The zero-order chi connectivity index (χ0) is 45.2. The van der Waals surface area contributed by atoms with Crippen LogP contribution in [0.25, 0.3) is 6.08 Å². The molecule has 5 nitrogen and oxygen atoms in total. The van der Waals surface area contributed by atoms with Gasteiger partial charge in [0.2, 0.25) is 0 Å². The summed E-state index contributed by atoms with van der Waals surface area (Å²) in [6.45, 7) is 12.4. The van der Waals surface area contributed by atoms with Gasteiger partial charge in [0.05, 0.1) is 40.6 Å². The second-order valence-corrected chi connectivity index (χ2v) is 20.3. The van der Waals surface area contributed by atoms with Crippen molar-refractivity contribution in [3.05, 3.63) is 167 Å². The lowest BCUT2D eigenvalue weighted by molar-refractivity contribution is -0.154. The highest BCUT2D eigenvalue weighted by atomic mass is 79.9. The molecule has 0 atom stereocenters. The molecule has 0 amide bonds. The van der Waals surface area contributed by atoms with Gasteiger partial charge >= 0.3 is 11.9 Å². The summed E-state index contributed by atoms with van der Waals surface area (Å²) in [5.74, 6) is -0.241. The molecule has 0 radical (unpaired) electrons. The lowest BCUT2D eigenvalue weighted by Gasteiger charge is -2.29. The third-order valence-corrected chi connectivity index (χ3v) is 14.9. The van der Waals surface area contributed by atoms with E-state index >= 15 is 0 Å². The number of halogens is 5. The van der Waals surface area contributed by atoms with Crippen molar-refractivity contribution >= 4 is 93.9 Å². The fourth-order valence-corrected chi connectivity index (χ4v) is 11.1. The van der Waals surface area contributed by atoms with Gasteiger partial charge in [0, 0.05) is 10.6 Å². The maximum absolute atomic E-state index is 12.4. The SMILES string of the molecule is CCOC(=O)C(C)(C)CC/C=C/c1ccccc1Cl.CCOC(=O)C(C)(C)CCC[P+](c1ccccc1)(c1ccccc1)c1ccccc1.ClCCl.O=Cc1ccccc1Cl.[Br-]. The molecule has 0 aliphatic rings. The first-order valence-corrected chi connectivity index (χ1v) is 24.2. The highest BCUT2D eigenvalue weighted by Crippen LogP contribution is 2.56. The molecule has 0 unspecified atom stereocenters. The van der Waals surface area contributed by atoms with E-state index in [4.69, 9.17) is 55.9 Å². The Balaban J connectivity index is 0.000000510. The number of hydrogen-bond donors (Lipinski definition) is 0. The van der Waals surface area contributed by atoms with Gasteiger partial charge in [-0.25, -0.2) is 0 Å². The van der Waals surface area contributed by atoms with Crippen LogP contribution in [0.2, 0.25) is 10.0 Å². The highest BCUT2D eigenvalue weighted by Gasteiger charge is 2.45. The summed E-state index contributed by atoms with van der Waals surface area (Å²) in [6, 6.07) is 47.3. The smallest absolute Gasteiger partial charge is 0.311 e. The Morgan fingerprint density at radius 3 is 1.29 bits per heavy atom. The van der Waals surface area contributed by atoms with E-state index in [1.807, 2.05) is 78.0 Å². The van der Waals surface area contributed by atoms with Crippen LogP contribution in [0.3, 0.4) is 0 Å². The number of carbonyl (C=O) groups is 3. The summed E-state index contributed by atoms with van der Waals surface area (Å²) in [7, 11) is -1.84. The molecule has 0 heterocycles. The molecule has 62 heavy (non-hydrogen) atoms. The molecule has 0 aliphatic carbocycles. The zero-order valence-electron chi connectivity index (χ0n) is 36.5. The Kier molecular flexibility index (Phi) is 27.9. The minimum Gasteiger partial charge on any atom is -1.00 e. The van der Waals surface area contributed by atoms with E-state index in [0.717, 1.165) is 48.7 Å². The van der Waals surface area contributed by atoms with Crippen LogP contribution in [-0.4, -0.2) is 42.9 Å². The average molecular weight is 1010 g/mol. The van der Waals surface area contributed by atoms with Crippen molar-refractivity contribution in [3.63, 3.8) is 0 Å². The van der Waals surface area contributed by atoms with Gasteiger partial charge in [-0.15, -0.1) is 23.2 Å². The molecule has 0 N–H and O–H groups in total. The molecule has 0 fully saturated rings. The van der Waals surface area contributed by atoms with Gasteiger partial charge < -0.3 is 26.5 Å². The maximum atomic E-state index is 12.4. The fraction of sp³-hybridized carbons (Fsp3) is 0.314. The predicted octanol–water partition coefficient (Wildman–Crippen LogP) is 10.7. The molecule has 0 bridgehead atoms. The van der Waals surface area contributed by atoms with E-state index < -0.39 is 18.1 Å². The fourth-order valence-electron chi connectivity index (χ4n) is 6.33. The Morgan fingerprint density at radius 2 is 0.935 bits per heavy atom. The van der Waals surface area contributed by atoms with Crippen molar-refractivity contribution in [2.45, 2.75) is 67.2 Å². The van der Waals surface area contributed by atoms with Crippen LogP contribution in [0.15, 0.2) is 146 Å². The number of aldehydes is 1. The van der Waals surface area contributed by atoms with Crippen LogP contribution < -0.4 is 32.9 Å². The molecule has 334 valence electrons. The Bertz CT molecular complexity index is 1950. The number of alkyl halides is 2. The Labute approximate surface area is 401 Å². The number of esters is 2. The highest BCUT2D eigenvalue weighted by molar-refractivity contribution is 7.95. The number of benzene rings is 5.